The van der Waals surface area contributed by atoms with Crippen molar-refractivity contribution < 1.29 is 24.5 Å². The number of aliphatic hydroxyl groups is 1. The Balaban J connectivity index is 1.96. The van der Waals surface area contributed by atoms with E-state index in [4.69, 9.17) is 9.84 Å². The Morgan fingerprint density at radius 3 is 3.05 bits per heavy atom. The Hall–Kier alpha value is -2.28. The summed E-state index contributed by atoms with van der Waals surface area (Å²) >= 11 is 0. The number of benzene rings is 1. The maximum absolute atomic E-state index is 11.2. The Morgan fingerprint density at radius 1 is 1.53 bits per heavy atom. The van der Waals surface area contributed by atoms with Crippen molar-refractivity contribution in [3.8, 4) is 5.75 Å². The Bertz CT molecular complexity index is 503. The number of hydrogen-bond acceptors (Lipinski definition) is 5. The van der Waals surface area contributed by atoms with Gasteiger partial charge in [-0.25, -0.2) is 0 Å². The summed E-state index contributed by atoms with van der Waals surface area (Å²) in [7, 11) is 0. The lowest BCUT2D eigenvalue weighted by atomic mass is 10.2. The van der Waals surface area contributed by atoms with Gasteiger partial charge >= 0.3 is 5.97 Å². The summed E-state index contributed by atoms with van der Waals surface area (Å²) in [5.74, 6) is -0.702. The molecule has 1 unspecified atom stereocenters. The lowest BCUT2D eigenvalue weighted by Gasteiger charge is -2.19. The first-order valence-corrected chi connectivity index (χ1v) is 5.75. The molecule has 19 heavy (non-hydrogen) atoms. The van der Waals surface area contributed by atoms with Crippen LogP contribution in [-0.2, 0) is 9.59 Å². The number of aliphatic hydroxyl groups excluding tert-OH is 1. The number of carbonyl (C=O) groups excluding carboxylic acids is 1. The maximum atomic E-state index is 11.2. The van der Waals surface area contributed by atoms with E-state index >= 15 is 0 Å². The lowest BCUT2D eigenvalue weighted by molar-refractivity contribution is -0.139. The number of carboxylic acid groups (broad SMARTS) is 1. The van der Waals surface area contributed by atoms with E-state index in [1.54, 1.807) is 18.2 Å². The molecule has 0 spiro atoms. The smallest absolute Gasteiger partial charge is 0.306 e. The monoisotopic (exact) mass is 266 g/mol. The molecule has 102 valence electrons. The molecule has 1 aromatic carbocycles. The molecule has 1 amide bonds. The van der Waals surface area contributed by atoms with E-state index in [0.29, 0.717) is 17.1 Å². The fourth-order valence-electron chi connectivity index (χ4n) is 1.70. The number of rotatable bonds is 5. The van der Waals surface area contributed by atoms with Gasteiger partial charge in [0.2, 0.25) is 0 Å². The summed E-state index contributed by atoms with van der Waals surface area (Å²) in [6, 6.07) is 5.09. The highest BCUT2D eigenvalue weighted by atomic mass is 16.5. The zero-order chi connectivity index (χ0) is 13.8. The summed E-state index contributed by atoms with van der Waals surface area (Å²) in [6.45, 7) is 0.108. The van der Waals surface area contributed by atoms with Crippen molar-refractivity contribution in [1.82, 2.24) is 0 Å². The van der Waals surface area contributed by atoms with Gasteiger partial charge in [0.25, 0.3) is 5.91 Å². The number of anilines is 2. The first-order valence-electron chi connectivity index (χ1n) is 5.75. The van der Waals surface area contributed by atoms with Crippen LogP contribution in [0.2, 0.25) is 0 Å². The van der Waals surface area contributed by atoms with E-state index in [-0.39, 0.29) is 25.5 Å². The highest BCUT2D eigenvalue weighted by Gasteiger charge is 2.16. The Morgan fingerprint density at radius 2 is 2.32 bits per heavy atom. The van der Waals surface area contributed by atoms with E-state index in [1.165, 1.54) is 0 Å². The second-order valence-corrected chi connectivity index (χ2v) is 4.18. The molecule has 1 aliphatic heterocycles. The number of carboxylic acids is 1. The van der Waals surface area contributed by atoms with Gasteiger partial charge in [-0.1, -0.05) is 0 Å². The molecule has 1 aromatic rings. The van der Waals surface area contributed by atoms with Crippen molar-refractivity contribution in [3.05, 3.63) is 18.2 Å². The zero-order valence-corrected chi connectivity index (χ0v) is 10.0. The standard InChI is InChI=1S/C12H14N2O5/c15-8(4-12(17)18)5-13-7-1-2-10-9(3-7)14-11(16)6-19-10/h1-3,8,13,15H,4-6H2,(H,14,16)(H,17,18). The molecule has 2 rings (SSSR count). The Labute approximate surface area is 109 Å². The summed E-state index contributed by atoms with van der Waals surface area (Å²) in [5.41, 5.74) is 1.21. The maximum Gasteiger partial charge on any atom is 0.306 e. The number of carbonyl (C=O) groups is 2. The molecule has 1 aliphatic rings. The van der Waals surface area contributed by atoms with E-state index in [1.807, 2.05) is 0 Å². The fourth-order valence-corrected chi connectivity index (χ4v) is 1.70. The number of fused-ring (bicyclic) bond motifs is 1. The molecule has 0 radical (unpaired) electrons. The third-order valence-corrected chi connectivity index (χ3v) is 2.56. The summed E-state index contributed by atoms with van der Waals surface area (Å²) < 4.78 is 5.20. The van der Waals surface area contributed by atoms with Gasteiger partial charge in [0, 0.05) is 12.2 Å². The Kier molecular flexibility index (Phi) is 3.86. The molecule has 0 bridgehead atoms. The third-order valence-electron chi connectivity index (χ3n) is 2.56. The number of ether oxygens (including phenoxy) is 1. The van der Waals surface area contributed by atoms with Crippen molar-refractivity contribution >= 4 is 23.3 Å². The van der Waals surface area contributed by atoms with E-state index in [9.17, 15) is 14.7 Å². The van der Waals surface area contributed by atoms with E-state index in [2.05, 4.69) is 10.6 Å². The van der Waals surface area contributed by atoms with Crippen LogP contribution in [0.25, 0.3) is 0 Å². The number of aliphatic carboxylic acids is 1. The van der Waals surface area contributed by atoms with Crippen molar-refractivity contribution in [2.24, 2.45) is 0 Å². The zero-order valence-electron chi connectivity index (χ0n) is 10.0. The van der Waals surface area contributed by atoms with Crippen molar-refractivity contribution in [3.63, 3.8) is 0 Å². The molecule has 0 fully saturated rings. The minimum atomic E-state index is -1.06. The first kappa shape index (κ1) is 13.2. The average Bonchev–Trinajstić information content (AvgIpc) is 2.35. The van der Waals surface area contributed by atoms with Crippen molar-refractivity contribution in [2.75, 3.05) is 23.8 Å². The van der Waals surface area contributed by atoms with Crippen LogP contribution in [0, 0.1) is 0 Å². The fraction of sp³-hybridized carbons (Fsp3) is 0.333. The second-order valence-electron chi connectivity index (χ2n) is 4.18. The van der Waals surface area contributed by atoms with Crippen LogP contribution in [0.3, 0.4) is 0 Å². The largest absolute Gasteiger partial charge is 0.482 e. The van der Waals surface area contributed by atoms with Gasteiger partial charge in [0.15, 0.2) is 6.61 Å². The highest BCUT2D eigenvalue weighted by molar-refractivity contribution is 5.96. The molecular weight excluding hydrogens is 252 g/mol. The summed E-state index contributed by atoms with van der Waals surface area (Å²) in [6.07, 6.45) is -1.29. The number of nitrogens with one attached hydrogen (secondary N) is 2. The van der Waals surface area contributed by atoms with Gasteiger partial charge in [-0.3, -0.25) is 9.59 Å². The third kappa shape index (κ3) is 3.59. The van der Waals surface area contributed by atoms with Crippen LogP contribution in [0.4, 0.5) is 11.4 Å². The molecule has 0 aromatic heterocycles. The predicted molar refractivity (Wildman–Crippen MR) is 67.3 cm³/mol. The molecule has 1 atom stereocenters. The minimum Gasteiger partial charge on any atom is -0.482 e. The van der Waals surface area contributed by atoms with Crippen LogP contribution < -0.4 is 15.4 Å². The topological polar surface area (TPSA) is 108 Å². The van der Waals surface area contributed by atoms with Gasteiger partial charge in [-0.2, -0.15) is 0 Å². The van der Waals surface area contributed by atoms with Gasteiger partial charge in [-0.15, -0.1) is 0 Å². The average molecular weight is 266 g/mol. The van der Waals surface area contributed by atoms with Gasteiger partial charge in [0.05, 0.1) is 18.2 Å². The molecule has 7 heteroatoms. The van der Waals surface area contributed by atoms with Gasteiger partial charge < -0.3 is 25.6 Å². The van der Waals surface area contributed by atoms with E-state index in [0.717, 1.165) is 0 Å². The van der Waals surface area contributed by atoms with Crippen LogP contribution in [0.1, 0.15) is 6.42 Å². The molecular formula is C12H14N2O5. The van der Waals surface area contributed by atoms with Crippen molar-refractivity contribution in [1.29, 1.82) is 0 Å². The van der Waals surface area contributed by atoms with E-state index < -0.39 is 12.1 Å². The molecule has 0 saturated carbocycles. The van der Waals surface area contributed by atoms with Crippen LogP contribution in [-0.4, -0.2) is 41.3 Å². The highest BCUT2D eigenvalue weighted by Crippen LogP contribution is 2.30. The molecule has 0 aliphatic carbocycles. The SMILES string of the molecule is O=C(O)CC(O)CNc1ccc2c(c1)NC(=O)CO2. The molecule has 4 N–H and O–H groups in total. The van der Waals surface area contributed by atoms with Crippen molar-refractivity contribution in [2.45, 2.75) is 12.5 Å². The van der Waals surface area contributed by atoms with Gasteiger partial charge in [0.1, 0.15) is 5.75 Å². The van der Waals surface area contributed by atoms with Crippen LogP contribution >= 0.6 is 0 Å². The predicted octanol–water partition coefficient (Wildman–Crippen LogP) is 0.265. The number of hydrogen-bond donors (Lipinski definition) is 4. The quantitative estimate of drug-likeness (QED) is 0.609. The van der Waals surface area contributed by atoms with Crippen LogP contribution in [0.15, 0.2) is 18.2 Å². The lowest BCUT2D eigenvalue weighted by Crippen LogP contribution is -2.26. The van der Waals surface area contributed by atoms with Crippen LogP contribution in [0.5, 0.6) is 5.75 Å². The second kappa shape index (κ2) is 5.57. The summed E-state index contributed by atoms with van der Waals surface area (Å²) in [4.78, 5) is 21.6. The molecule has 0 saturated heterocycles. The number of amides is 1. The first-order chi connectivity index (χ1) is 9.04. The normalized spacial score (nSPS) is 14.9. The molecule has 1 heterocycles. The molecule has 7 nitrogen and oxygen atoms in total. The summed E-state index contributed by atoms with van der Waals surface area (Å²) in [5, 5.41) is 23.5. The van der Waals surface area contributed by atoms with Gasteiger partial charge in [-0.05, 0) is 18.2 Å². The minimum absolute atomic E-state index is 0.00288.